The highest BCUT2D eigenvalue weighted by molar-refractivity contribution is 6.34. The molecule has 0 fully saturated rings. The van der Waals surface area contributed by atoms with Crippen LogP contribution in [-0.2, 0) is 11.4 Å². The van der Waals surface area contributed by atoms with E-state index in [1.165, 1.54) is 0 Å². The Morgan fingerprint density at radius 1 is 0.923 bits per heavy atom. The van der Waals surface area contributed by atoms with Gasteiger partial charge in [-0.3, -0.25) is 4.79 Å². The van der Waals surface area contributed by atoms with Crippen LogP contribution in [0.3, 0.4) is 0 Å². The van der Waals surface area contributed by atoms with Crippen LogP contribution in [0.1, 0.15) is 5.56 Å². The summed E-state index contributed by atoms with van der Waals surface area (Å²) < 4.78 is 6.02. The van der Waals surface area contributed by atoms with Crippen LogP contribution >= 0.6 is 23.2 Å². The van der Waals surface area contributed by atoms with E-state index in [9.17, 15) is 4.79 Å². The predicted octanol–water partition coefficient (Wildman–Crippen LogP) is 5.76. The fourth-order valence-electron chi connectivity index (χ4n) is 2.62. The lowest BCUT2D eigenvalue weighted by atomic mass is 10.0. The van der Waals surface area contributed by atoms with Gasteiger partial charge >= 0.3 is 0 Å². The Labute approximate surface area is 162 Å². The number of halogens is 2. The number of para-hydroxylation sites is 1. The number of ether oxygens (including phenoxy) is 1. The first-order valence-electron chi connectivity index (χ1n) is 8.09. The highest BCUT2D eigenvalue weighted by Crippen LogP contribution is 2.40. The van der Waals surface area contributed by atoms with E-state index in [0.29, 0.717) is 28.6 Å². The van der Waals surface area contributed by atoms with E-state index in [1.807, 2.05) is 54.6 Å². The molecule has 132 valence electrons. The van der Waals surface area contributed by atoms with Crippen LogP contribution in [0.25, 0.3) is 11.1 Å². The van der Waals surface area contributed by atoms with Crippen LogP contribution < -0.4 is 10.1 Å². The summed E-state index contributed by atoms with van der Waals surface area (Å²) in [6.07, 6.45) is 0. The maximum absolute atomic E-state index is 11.8. The molecular weight excluding hydrogens is 369 g/mol. The summed E-state index contributed by atoms with van der Waals surface area (Å²) in [5.41, 5.74) is 3.17. The van der Waals surface area contributed by atoms with E-state index >= 15 is 0 Å². The van der Waals surface area contributed by atoms with Crippen LogP contribution in [0.2, 0.25) is 5.02 Å². The fraction of sp³-hybridized carbons (Fsp3) is 0.0952. The first-order chi connectivity index (χ1) is 12.7. The minimum Gasteiger partial charge on any atom is -0.488 e. The maximum atomic E-state index is 11.8. The summed E-state index contributed by atoms with van der Waals surface area (Å²) in [6.45, 7) is 0.436. The van der Waals surface area contributed by atoms with Crippen molar-refractivity contribution in [2.75, 3.05) is 11.2 Å². The standard InChI is InChI=1S/C21H17Cl2NO2/c22-13-20(25)24-18-11-6-10-17(23)21(18)16-9-4-5-12-19(16)26-14-15-7-2-1-3-8-15/h1-12H,13-14H2,(H,24,25). The summed E-state index contributed by atoms with van der Waals surface area (Å²) in [5, 5.41) is 3.31. The lowest BCUT2D eigenvalue weighted by Gasteiger charge is -2.16. The van der Waals surface area contributed by atoms with Crippen molar-refractivity contribution in [3.05, 3.63) is 83.4 Å². The Bertz CT molecular complexity index is 898. The maximum Gasteiger partial charge on any atom is 0.239 e. The SMILES string of the molecule is O=C(CCl)Nc1cccc(Cl)c1-c1ccccc1OCc1ccccc1. The van der Waals surface area contributed by atoms with Crippen molar-refractivity contribution >= 4 is 34.8 Å². The molecule has 0 bridgehead atoms. The van der Waals surface area contributed by atoms with Gasteiger partial charge in [0.1, 0.15) is 18.2 Å². The van der Waals surface area contributed by atoms with Gasteiger partial charge in [0.25, 0.3) is 0 Å². The van der Waals surface area contributed by atoms with Crippen molar-refractivity contribution in [1.82, 2.24) is 0 Å². The molecule has 0 saturated carbocycles. The van der Waals surface area contributed by atoms with Gasteiger partial charge in [-0.1, -0.05) is 66.2 Å². The molecule has 5 heteroatoms. The highest BCUT2D eigenvalue weighted by Gasteiger charge is 2.15. The van der Waals surface area contributed by atoms with E-state index in [1.54, 1.807) is 18.2 Å². The number of rotatable bonds is 6. The molecule has 0 saturated heterocycles. The molecule has 0 aromatic heterocycles. The third-order valence-electron chi connectivity index (χ3n) is 3.80. The van der Waals surface area contributed by atoms with Gasteiger partial charge in [-0.05, 0) is 23.8 Å². The molecule has 1 N–H and O–H groups in total. The summed E-state index contributed by atoms with van der Waals surface area (Å²) in [4.78, 5) is 11.8. The van der Waals surface area contributed by atoms with Crippen molar-refractivity contribution in [1.29, 1.82) is 0 Å². The molecule has 3 nitrogen and oxygen atoms in total. The normalized spacial score (nSPS) is 10.4. The topological polar surface area (TPSA) is 38.3 Å². The minimum atomic E-state index is -0.294. The molecule has 0 aliphatic heterocycles. The number of amides is 1. The second kappa shape index (κ2) is 8.75. The number of nitrogens with one attached hydrogen (secondary N) is 1. The summed E-state index contributed by atoms with van der Waals surface area (Å²) in [7, 11) is 0. The summed E-state index contributed by atoms with van der Waals surface area (Å²) in [5.74, 6) is 0.265. The van der Waals surface area contributed by atoms with E-state index in [2.05, 4.69) is 5.32 Å². The fourth-order valence-corrected chi connectivity index (χ4v) is 2.96. The molecule has 0 unspecified atom stereocenters. The van der Waals surface area contributed by atoms with E-state index < -0.39 is 0 Å². The molecule has 0 heterocycles. The third-order valence-corrected chi connectivity index (χ3v) is 4.36. The molecule has 0 atom stereocenters. The Morgan fingerprint density at radius 2 is 1.65 bits per heavy atom. The van der Waals surface area contributed by atoms with Crippen molar-refractivity contribution < 1.29 is 9.53 Å². The number of benzene rings is 3. The summed E-state index contributed by atoms with van der Waals surface area (Å²) >= 11 is 12.1. The van der Waals surface area contributed by atoms with Gasteiger partial charge in [0.05, 0.1) is 10.7 Å². The van der Waals surface area contributed by atoms with Crippen LogP contribution in [-0.4, -0.2) is 11.8 Å². The summed E-state index contributed by atoms with van der Waals surface area (Å²) in [6, 6.07) is 22.9. The van der Waals surface area contributed by atoms with Gasteiger partial charge in [0, 0.05) is 11.1 Å². The van der Waals surface area contributed by atoms with E-state index in [4.69, 9.17) is 27.9 Å². The highest BCUT2D eigenvalue weighted by atomic mass is 35.5. The largest absolute Gasteiger partial charge is 0.488 e. The van der Waals surface area contributed by atoms with Crippen LogP contribution in [0.15, 0.2) is 72.8 Å². The monoisotopic (exact) mass is 385 g/mol. The predicted molar refractivity (Wildman–Crippen MR) is 107 cm³/mol. The lowest BCUT2D eigenvalue weighted by Crippen LogP contribution is -2.13. The molecule has 0 spiro atoms. The Balaban J connectivity index is 1.96. The Morgan fingerprint density at radius 3 is 2.42 bits per heavy atom. The lowest BCUT2D eigenvalue weighted by molar-refractivity contribution is -0.113. The Kier molecular flexibility index (Phi) is 6.16. The number of hydrogen-bond acceptors (Lipinski definition) is 2. The molecule has 3 rings (SSSR count). The van der Waals surface area contributed by atoms with Crippen molar-refractivity contribution in [2.45, 2.75) is 6.61 Å². The zero-order valence-corrected chi connectivity index (χ0v) is 15.4. The molecule has 0 radical (unpaired) electrons. The van der Waals surface area contributed by atoms with Gasteiger partial charge in [0.15, 0.2) is 0 Å². The number of carbonyl (C=O) groups excluding carboxylic acids is 1. The van der Waals surface area contributed by atoms with Gasteiger partial charge < -0.3 is 10.1 Å². The average molecular weight is 386 g/mol. The van der Waals surface area contributed by atoms with Gasteiger partial charge in [-0.15, -0.1) is 11.6 Å². The number of carbonyl (C=O) groups is 1. The smallest absolute Gasteiger partial charge is 0.239 e. The van der Waals surface area contributed by atoms with Crippen molar-refractivity contribution in [3.8, 4) is 16.9 Å². The van der Waals surface area contributed by atoms with Gasteiger partial charge in [-0.2, -0.15) is 0 Å². The zero-order valence-electron chi connectivity index (χ0n) is 13.9. The molecule has 0 aliphatic carbocycles. The first kappa shape index (κ1) is 18.3. The van der Waals surface area contributed by atoms with Gasteiger partial charge in [-0.25, -0.2) is 0 Å². The van der Waals surface area contributed by atoms with Crippen molar-refractivity contribution in [2.24, 2.45) is 0 Å². The molecule has 0 aliphatic rings. The first-order valence-corrected chi connectivity index (χ1v) is 9.00. The zero-order chi connectivity index (χ0) is 18.4. The minimum absolute atomic E-state index is 0.127. The number of hydrogen-bond donors (Lipinski definition) is 1. The van der Waals surface area contributed by atoms with E-state index in [-0.39, 0.29) is 11.8 Å². The second-order valence-electron chi connectivity index (χ2n) is 5.61. The molecule has 3 aromatic carbocycles. The average Bonchev–Trinajstić information content (AvgIpc) is 2.68. The van der Waals surface area contributed by atoms with Crippen LogP contribution in [0, 0.1) is 0 Å². The van der Waals surface area contributed by atoms with Crippen molar-refractivity contribution in [3.63, 3.8) is 0 Å². The van der Waals surface area contributed by atoms with Crippen LogP contribution in [0.5, 0.6) is 5.75 Å². The van der Waals surface area contributed by atoms with Gasteiger partial charge in [0.2, 0.25) is 5.91 Å². The quantitative estimate of drug-likeness (QED) is 0.547. The molecule has 26 heavy (non-hydrogen) atoms. The molecule has 1 amide bonds. The molecular formula is C21H17Cl2NO2. The van der Waals surface area contributed by atoms with Crippen LogP contribution in [0.4, 0.5) is 5.69 Å². The molecule has 3 aromatic rings. The number of anilines is 1. The van der Waals surface area contributed by atoms with E-state index in [0.717, 1.165) is 11.1 Å². The number of alkyl halides is 1. The second-order valence-corrected chi connectivity index (χ2v) is 6.29. The Hall–Kier alpha value is -2.49. The third kappa shape index (κ3) is 4.37.